The van der Waals surface area contributed by atoms with E-state index in [0.717, 1.165) is 10.6 Å². The van der Waals surface area contributed by atoms with Crippen LogP contribution in [0.5, 0.6) is 0 Å². The van der Waals surface area contributed by atoms with E-state index < -0.39 is 28.5 Å². The number of halogens is 4. The summed E-state index contributed by atoms with van der Waals surface area (Å²) in [5, 5.41) is 3.88. The molecule has 7 nitrogen and oxygen atoms in total. The van der Waals surface area contributed by atoms with Crippen LogP contribution in [0.1, 0.15) is 32.8 Å². The Balaban J connectivity index is 2.50. The average Bonchev–Trinajstić information content (AvgIpc) is 2.72. The maximum Gasteiger partial charge on any atom is 0.244 e. The van der Waals surface area contributed by atoms with Gasteiger partial charge in [-0.1, -0.05) is 59.4 Å². The molecule has 0 aliphatic heterocycles. The third-order valence-corrected chi connectivity index (χ3v) is 7.28. The molecule has 2 aromatic carbocycles. The van der Waals surface area contributed by atoms with Crippen LogP contribution in [0, 0.1) is 0 Å². The summed E-state index contributed by atoms with van der Waals surface area (Å²) in [4.78, 5) is 27.9. The first-order chi connectivity index (χ1) is 16.2. The summed E-state index contributed by atoms with van der Waals surface area (Å²) < 4.78 is 26.2. The lowest BCUT2D eigenvalue weighted by atomic mass is 10.1. The summed E-state index contributed by atoms with van der Waals surface area (Å²) in [6, 6.07) is 8.11. The van der Waals surface area contributed by atoms with Crippen molar-refractivity contribution in [1.82, 2.24) is 10.2 Å². The minimum Gasteiger partial charge on any atom is -0.352 e. The van der Waals surface area contributed by atoms with Gasteiger partial charge in [-0.2, -0.15) is 0 Å². The van der Waals surface area contributed by atoms with E-state index in [1.807, 2.05) is 13.8 Å². The Morgan fingerprint density at radius 2 is 1.57 bits per heavy atom. The molecule has 2 rings (SSSR count). The molecule has 0 spiro atoms. The van der Waals surface area contributed by atoms with Gasteiger partial charge in [-0.05, 0) is 56.2 Å². The summed E-state index contributed by atoms with van der Waals surface area (Å²) >= 11 is 24.3. The van der Waals surface area contributed by atoms with Crippen molar-refractivity contribution < 1.29 is 18.0 Å². The van der Waals surface area contributed by atoms with Gasteiger partial charge in [0.05, 0.1) is 22.0 Å². The van der Waals surface area contributed by atoms with E-state index in [-0.39, 0.29) is 34.2 Å². The zero-order chi connectivity index (χ0) is 26.5. The first kappa shape index (κ1) is 29.5. The monoisotopic (exact) mass is 581 g/mol. The van der Waals surface area contributed by atoms with Gasteiger partial charge in [0.25, 0.3) is 0 Å². The van der Waals surface area contributed by atoms with Crippen molar-refractivity contribution in [3.8, 4) is 0 Å². The molecular weight excluding hydrogens is 556 g/mol. The van der Waals surface area contributed by atoms with E-state index >= 15 is 0 Å². The first-order valence-corrected chi connectivity index (χ1v) is 14.1. The Hall–Kier alpha value is -1.71. The minimum absolute atomic E-state index is 0.00759. The Kier molecular flexibility index (Phi) is 10.5. The number of nitrogens with one attached hydrogen (secondary N) is 1. The quantitative estimate of drug-likeness (QED) is 0.406. The lowest BCUT2D eigenvalue weighted by Crippen LogP contribution is -2.53. The molecule has 0 saturated heterocycles. The van der Waals surface area contributed by atoms with Crippen molar-refractivity contribution in [2.45, 2.75) is 45.8 Å². The fraction of sp³-hybridized carbons (Fsp3) is 0.391. The largest absolute Gasteiger partial charge is 0.352 e. The van der Waals surface area contributed by atoms with Crippen molar-refractivity contribution in [1.29, 1.82) is 0 Å². The molecule has 0 unspecified atom stereocenters. The summed E-state index contributed by atoms with van der Waals surface area (Å²) in [5.41, 5.74) is 0.757. The molecule has 192 valence electrons. The number of carbonyl (C=O) groups excluding carboxylic acids is 2. The number of amides is 2. The van der Waals surface area contributed by atoms with Gasteiger partial charge in [0.15, 0.2) is 0 Å². The SMILES string of the molecule is CC[C@@H](C(=O)NC(C)C)N(Cc1ccc(Cl)c(Cl)c1)C(=O)CN(c1cc(Cl)cc(Cl)c1)S(C)(=O)=O. The number of sulfonamides is 1. The average molecular weight is 583 g/mol. The third kappa shape index (κ3) is 8.43. The summed E-state index contributed by atoms with van der Waals surface area (Å²) in [7, 11) is -3.91. The van der Waals surface area contributed by atoms with Gasteiger partial charge < -0.3 is 10.2 Å². The summed E-state index contributed by atoms with van der Waals surface area (Å²) in [5.74, 6) is -0.948. The fourth-order valence-electron chi connectivity index (χ4n) is 3.43. The zero-order valence-electron chi connectivity index (χ0n) is 19.7. The van der Waals surface area contributed by atoms with Gasteiger partial charge in [-0.25, -0.2) is 8.42 Å². The molecule has 0 aromatic heterocycles. The van der Waals surface area contributed by atoms with E-state index in [1.165, 1.54) is 23.1 Å². The van der Waals surface area contributed by atoms with Crippen molar-refractivity contribution in [3.05, 3.63) is 62.1 Å². The molecule has 35 heavy (non-hydrogen) atoms. The molecule has 2 amide bonds. The second-order valence-electron chi connectivity index (χ2n) is 8.25. The van der Waals surface area contributed by atoms with E-state index in [2.05, 4.69) is 5.32 Å². The van der Waals surface area contributed by atoms with Crippen LogP contribution in [0.4, 0.5) is 5.69 Å². The number of benzene rings is 2. The maximum atomic E-state index is 13.6. The predicted molar refractivity (Wildman–Crippen MR) is 143 cm³/mol. The normalized spacial score (nSPS) is 12.4. The molecule has 0 aliphatic carbocycles. The molecule has 0 fully saturated rings. The van der Waals surface area contributed by atoms with Crippen molar-refractivity contribution in [3.63, 3.8) is 0 Å². The second-order valence-corrected chi connectivity index (χ2v) is 11.8. The van der Waals surface area contributed by atoms with Gasteiger partial charge in [0.2, 0.25) is 21.8 Å². The number of anilines is 1. The van der Waals surface area contributed by atoms with Crippen molar-refractivity contribution in [2.24, 2.45) is 0 Å². The number of nitrogens with zero attached hydrogens (tertiary/aromatic N) is 2. The Bertz CT molecular complexity index is 1170. The van der Waals surface area contributed by atoms with E-state index in [4.69, 9.17) is 46.4 Å². The Morgan fingerprint density at radius 3 is 2.06 bits per heavy atom. The lowest BCUT2D eigenvalue weighted by Gasteiger charge is -2.33. The molecule has 0 saturated carbocycles. The van der Waals surface area contributed by atoms with Crippen LogP contribution < -0.4 is 9.62 Å². The van der Waals surface area contributed by atoms with Gasteiger partial charge in [-0.15, -0.1) is 0 Å². The number of rotatable bonds is 10. The molecule has 2 aromatic rings. The van der Waals surface area contributed by atoms with Gasteiger partial charge in [0.1, 0.15) is 12.6 Å². The molecule has 0 aliphatic rings. The summed E-state index contributed by atoms with van der Waals surface area (Å²) in [6.07, 6.45) is 1.27. The third-order valence-electron chi connectivity index (χ3n) is 4.97. The van der Waals surface area contributed by atoms with Crippen LogP contribution in [0.15, 0.2) is 36.4 Å². The highest BCUT2D eigenvalue weighted by Gasteiger charge is 2.32. The highest BCUT2D eigenvalue weighted by Crippen LogP contribution is 2.28. The molecule has 0 heterocycles. The number of hydrogen-bond acceptors (Lipinski definition) is 4. The molecule has 1 N–H and O–H groups in total. The fourth-order valence-corrected chi connectivity index (χ4v) is 5.10. The highest BCUT2D eigenvalue weighted by atomic mass is 35.5. The van der Waals surface area contributed by atoms with Crippen LogP contribution in [-0.4, -0.2) is 50.0 Å². The maximum absolute atomic E-state index is 13.6. The minimum atomic E-state index is -3.91. The topological polar surface area (TPSA) is 86.8 Å². The Morgan fingerprint density at radius 1 is 0.971 bits per heavy atom. The number of hydrogen-bond donors (Lipinski definition) is 1. The lowest BCUT2D eigenvalue weighted by molar-refractivity contribution is -0.140. The van der Waals surface area contributed by atoms with Crippen LogP contribution in [0.3, 0.4) is 0 Å². The first-order valence-electron chi connectivity index (χ1n) is 10.7. The van der Waals surface area contributed by atoms with Crippen LogP contribution in [0.25, 0.3) is 0 Å². The van der Waals surface area contributed by atoms with Crippen LogP contribution in [0.2, 0.25) is 20.1 Å². The highest BCUT2D eigenvalue weighted by molar-refractivity contribution is 7.92. The molecule has 12 heteroatoms. The predicted octanol–water partition coefficient (Wildman–Crippen LogP) is 5.40. The number of carbonyl (C=O) groups is 2. The second kappa shape index (κ2) is 12.5. The molecule has 0 bridgehead atoms. The molecule has 0 radical (unpaired) electrons. The van der Waals surface area contributed by atoms with E-state index in [9.17, 15) is 18.0 Å². The van der Waals surface area contributed by atoms with Crippen molar-refractivity contribution >= 4 is 73.9 Å². The van der Waals surface area contributed by atoms with Gasteiger partial charge in [0, 0.05) is 22.6 Å². The smallest absolute Gasteiger partial charge is 0.244 e. The van der Waals surface area contributed by atoms with E-state index in [0.29, 0.717) is 22.0 Å². The van der Waals surface area contributed by atoms with E-state index in [1.54, 1.807) is 25.1 Å². The summed E-state index contributed by atoms with van der Waals surface area (Å²) in [6.45, 7) is 4.83. The van der Waals surface area contributed by atoms with Crippen LogP contribution in [-0.2, 0) is 26.2 Å². The molecule has 1 atom stereocenters. The molecular formula is C23H27Cl4N3O4S. The van der Waals surface area contributed by atoms with Crippen LogP contribution >= 0.6 is 46.4 Å². The standard InChI is InChI=1S/C23H27Cl4N3O4S/c1-5-21(23(32)28-14(2)3)29(12-15-6-7-19(26)20(27)8-15)22(31)13-30(35(4,33)34)18-10-16(24)9-17(25)11-18/h6-11,14,21H,5,12-13H2,1-4H3,(H,28,32)/t21-/m0/s1. The zero-order valence-corrected chi connectivity index (χ0v) is 23.5. The Labute approximate surface area is 226 Å². The van der Waals surface area contributed by atoms with Crippen molar-refractivity contribution in [2.75, 3.05) is 17.1 Å². The van der Waals surface area contributed by atoms with Gasteiger partial charge in [-0.3, -0.25) is 13.9 Å². The van der Waals surface area contributed by atoms with Gasteiger partial charge >= 0.3 is 0 Å².